The van der Waals surface area contributed by atoms with Crippen molar-refractivity contribution in [3.8, 4) is 0 Å². The number of hydrogen-bond donors (Lipinski definition) is 4. The summed E-state index contributed by atoms with van der Waals surface area (Å²) in [5, 5.41) is 11.2. The van der Waals surface area contributed by atoms with Gasteiger partial charge in [-0.2, -0.15) is 0 Å². The number of thioether (sulfide) groups is 2. The molecule has 0 atom stereocenters. The molecule has 0 bridgehead atoms. The van der Waals surface area contributed by atoms with E-state index in [0.717, 1.165) is 11.5 Å². The Kier molecular flexibility index (Phi) is 12.8. The van der Waals surface area contributed by atoms with Gasteiger partial charge >= 0.3 is 0 Å². The zero-order valence-corrected chi connectivity index (χ0v) is 12.4. The van der Waals surface area contributed by atoms with Gasteiger partial charge in [0, 0.05) is 17.8 Å². The Balaban J connectivity index is 0. The average Bonchev–Trinajstić information content (AvgIpc) is 2.12. The summed E-state index contributed by atoms with van der Waals surface area (Å²) in [4.78, 5) is 0. The highest BCUT2D eigenvalue weighted by molar-refractivity contribution is 8.13. The lowest BCUT2D eigenvalue weighted by Gasteiger charge is -1.99. The first-order valence-electron chi connectivity index (χ1n) is 4.63. The van der Waals surface area contributed by atoms with E-state index in [2.05, 4.69) is 0 Å². The third-order valence-electron chi connectivity index (χ3n) is 0.993. The highest BCUT2D eigenvalue weighted by Gasteiger charge is 1.98. The van der Waals surface area contributed by atoms with Crippen LogP contribution in [0.25, 0.3) is 0 Å². The quantitative estimate of drug-likeness (QED) is 0.165. The molecule has 0 radical (unpaired) electrons. The Bertz CT molecular complexity index is 321. The van der Waals surface area contributed by atoms with Crippen LogP contribution in [-0.4, -0.2) is 54.3 Å². The molecule has 0 saturated carbocycles. The van der Waals surface area contributed by atoms with Crippen LogP contribution in [0.2, 0.25) is 0 Å². The second kappa shape index (κ2) is 11.6. The molecular formula is C7H19N4O4S3+. The molecule has 0 aliphatic heterocycles. The summed E-state index contributed by atoms with van der Waals surface area (Å²) in [6.45, 7) is 1.27. The van der Waals surface area contributed by atoms with Crippen LogP contribution in [0.3, 0.4) is 0 Å². The molecule has 0 amide bonds. The van der Waals surface area contributed by atoms with Crippen molar-refractivity contribution in [2.24, 2.45) is 11.5 Å². The Morgan fingerprint density at radius 1 is 1.17 bits per heavy atom. The predicted octanol–water partition coefficient (Wildman–Crippen LogP) is -4.22. The van der Waals surface area contributed by atoms with E-state index >= 15 is 0 Å². The summed E-state index contributed by atoms with van der Waals surface area (Å²) in [6, 6.07) is 0. The maximum absolute atomic E-state index is 9.08. The monoisotopic (exact) mass is 319 g/mol. The third kappa shape index (κ3) is 36.1. The first kappa shape index (κ1) is 19.8. The molecule has 0 heterocycles. The molecule has 0 saturated heterocycles. The lowest BCUT2D eigenvalue weighted by molar-refractivity contribution is -0.110. The fourth-order valence-electron chi connectivity index (χ4n) is 0.539. The highest BCUT2D eigenvalue weighted by atomic mass is 32.2. The van der Waals surface area contributed by atoms with Crippen LogP contribution in [-0.2, 0) is 14.9 Å². The van der Waals surface area contributed by atoms with Gasteiger partial charge in [0.15, 0.2) is 0 Å². The van der Waals surface area contributed by atoms with E-state index in [1.807, 2.05) is 0 Å². The molecule has 0 rings (SSSR count). The second-order valence-corrected chi connectivity index (χ2v) is 6.56. The molecule has 0 aliphatic carbocycles. The van der Waals surface area contributed by atoms with E-state index in [-0.39, 0.29) is 0 Å². The van der Waals surface area contributed by atoms with Crippen molar-refractivity contribution >= 4 is 44.0 Å². The fraction of sp³-hybridized carbons (Fsp3) is 0.714. The van der Waals surface area contributed by atoms with Gasteiger partial charge in [0.2, 0.25) is 0 Å². The summed E-state index contributed by atoms with van der Waals surface area (Å²) in [6.07, 6.45) is 0.604. The van der Waals surface area contributed by atoms with Gasteiger partial charge in [0.25, 0.3) is 10.3 Å². The molecule has 0 fully saturated rings. The van der Waals surface area contributed by atoms with E-state index in [0.29, 0.717) is 29.8 Å². The molecule has 0 aromatic carbocycles. The minimum atomic E-state index is -3.92. The Morgan fingerprint density at radius 3 is 1.67 bits per heavy atom. The van der Waals surface area contributed by atoms with Crippen molar-refractivity contribution in [1.82, 2.24) is 0 Å². The van der Waals surface area contributed by atoms with E-state index in [1.165, 1.54) is 23.5 Å². The fourth-order valence-corrected chi connectivity index (χ4v) is 1.41. The minimum absolute atomic E-state index is 0.373. The molecule has 18 heavy (non-hydrogen) atoms. The van der Waals surface area contributed by atoms with Crippen LogP contribution < -0.4 is 22.3 Å². The maximum atomic E-state index is 9.08. The predicted molar refractivity (Wildman–Crippen MR) is 73.6 cm³/mol. The van der Waals surface area contributed by atoms with Gasteiger partial charge < -0.3 is 9.29 Å². The Morgan fingerprint density at radius 2 is 1.44 bits per heavy atom. The first-order valence-corrected chi connectivity index (χ1v) is 8.41. The number of ether oxygens (including phenoxy) is 1. The van der Waals surface area contributed by atoms with Crippen LogP contribution in [0.15, 0.2) is 0 Å². The molecular weight excluding hydrogens is 300 g/mol. The van der Waals surface area contributed by atoms with Crippen molar-refractivity contribution < 1.29 is 28.5 Å². The first-order chi connectivity index (χ1) is 8.13. The van der Waals surface area contributed by atoms with Gasteiger partial charge in [-0.1, -0.05) is 0 Å². The third-order valence-corrected chi connectivity index (χ3v) is 2.40. The van der Waals surface area contributed by atoms with Crippen molar-refractivity contribution in [2.45, 2.75) is 0 Å². The van der Waals surface area contributed by atoms with Crippen molar-refractivity contribution in [3.63, 3.8) is 0 Å². The molecule has 0 aliphatic rings. The topological polar surface area (TPSA) is 170 Å². The summed E-state index contributed by atoms with van der Waals surface area (Å²) in [5.41, 5.74) is 10.5. The second-order valence-electron chi connectivity index (χ2n) is 2.82. The molecule has 0 spiro atoms. The number of hydrogen-bond acceptors (Lipinski definition) is 6. The lowest BCUT2D eigenvalue weighted by atomic mass is 10.8. The minimum Gasteiger partial charge on any atom is -0.748 e. The SMILES string of the molecule is CS(=O)(=O)[O-].NC(=[NH2+])SCCOCCSC(N)=[NH2+]. The van der Waals surface area contributed by atoms with Gasteiger partial charge in [-0.05, 0) is 23.5 Å². The largest absolute Gasteiger partial charge is 0.748 e. The van der Waals surface area contributed by atoms with Crippen molar-refractivity contribution in [1.29, 1.82) is 0 Å². The van der Waals surface area contributed by atoms with Gasteiger partial charge in [-0.3, -0.25) is 22.3 Å². The van der Waals surface area contributed by atoms with Gasteiger partial charge in [0.1, 0.15) is 0 Å². The van der Waals surface area contributed by atoms with Crippen LogP contribution >= 0.6 is 23.5 Å². The summed E-state index contributed by atoms with van der Waals surface area (Å²) >= 11 is 2.76. The molecule has 0 aromatic rings. The van der Waals surface area contributed by atoms with Gasteiger partial charge in [0.05, 0.1) is 23.3 Å². The van der Waals surface area contributed by atoms with Crippen LogP contribution in [0.5, 0.6) is 0 Å². The Hall–Kier alpha value is -0.490. The average molecular weight is 319 g/mol. The van der Waals surface area contributed by atoms with E-state index in [1.54, 1.807) is 0 Å². The summed E-state index contributed by atoms with van der Waals surface area (Å²) in [5.74, 6) is 1.55. The molecule has 8 nitrogen and oxygen atoms in total. The van der Waals surface area contributed by atoms with Crippen LogP contribution in [0, 0.1) is 0 Å². The smallest absolute Gasteiger partial charge is 0.299 e. The maximum Gasteiger partial charge on any atom is 0.299 e. The summed E-state index contributed by atoms with van der Waals surface area (Å²) < 4.78 is 32.5. The Labute approximate surface area is 115 Å². The lowest BCUT2D eigenvalue weighted by Crippen LogP contribution is -2.43. The van der Waals surface area contributed by atoms with Crippen LogP contribution in [0.1, 0.15) is 0 Å². The molecule has 0 unspecified atom stereocenters. The zero-order chi connectivity index (χ0) is 14.6. The van der Waals surface area contributed by atoms with E-state index in [4.69, 9.17) is 40.0 Å². The normalized spacial score (nSPS) is 10.3. The van der Waals surface area contributed by atoms with Crippen LogP contribution in [0.4, 0.5) is 0 Å². The standard InChI is InChI=1S/C6H14N4OS2.CH4O3S/c7-5(8)12-3-1-11-2-4-13-6(9)10;1-5(2,3)4/h1-4H2,(H3,7,8)(H3,9,10);1H3,(H,2,3,4)/p+1. The molecule has 8 N–H and O–H groups in total. The number of nitrogens with two attached hydrogens (primary N) is 4. The molecule has 108 valence electrons. The summed E-state index contributed by atoms with van der Waals surface area (Å²) in [7, 11) is -3.92. The number of rotatable bonds is 6. The van der Waals surface area contributed by atoms with E-state index < -0.39 is 10.1 Å². The molecule has 11 heteroatoms. The highest BCUT2D eigenvalue weighted by Crippen LogP contribution is 1.97. The van der Waals surface area contributed by atoms with E-state index in [9.17, 15) is 0 Å². The molecule has 0 aromatic heterocycles. The zero-order valence-electron chi connectivity index (χ0n) is 10.00. The van der Waals surface area contributed by atoms with Gasteiger partial charge in [-0.15, -0.1) is 0 Å². The van der Waals surface area contributed by atoms with Crippen molar-refractivity contribution in [2.75, 3.05) is 31.0 Å². The van der Waals surface area contributed by atoms with Crippen molar-refractivity contribution in [3.05, 3.63) is 0 Å². The van der Waals surface area contributed by atoms with Gasteiger partial charge in [-0.25, -0.2) is 8.42 Å². The number of amidine groups is 2.